The molecule has 17 heavy (non-hydrogen) atoms. The first-order valence-corrected chi connectivity index (χ1v) is 4.49. The van der Waals surface area contributed by atoms with Crippen molar-refractivity contribution in [3.8, 4) is 5.75 Å². The molecule has 3 nitrogen and oxygen atoms in total. The van der Waals surface area contributed by atoms with Crippen LogP contribution in [0, 0.1) is 5.82 Å². The maximum atomic E-state index is 13.3. The summed E-state index contributed by atoms with van der Waals surface area (Å²) in [6.45, 7) is 0. The van der Waals surface area contributed by atoms with Gasteiger partial charge in [0.2, 0.25) is 0 Å². The Morgan fingerprint density at radius 1 is 1.18 bits per heavy atom. The highest BCUT2D eigenvalue weighted by atomic mass is 19.4. The molecule has 1 heterocycles. The molecular weight excluding hydrogens is 240 g/mol. The monoisotopic (exact) mass is 246 g/mol. The van der Waals surface area contributed by atoms with E-state index < -0.39 is 17.7 Å². The molecule has 7 heteroatoms. The first-order chi connectivity index (χ1) is 7.91. The van der Waals surface area contributed by atoms with E-state index in [4.69, 9.17) is 0 Å². The van der Waals surface area contributed by atoms with Crippen molar-refractivity contribution >= 4 is 11.0 Å². The summed E-state index contributed by atoms with van der Waals surface area (Å²) in [5.41, 5.74) is -1.19. The molecule has 0 saturated carbocycles. The van der Waals surface area contributed by atoms with E-state index in [0.717, 1.165) is 6.07 Å². The highest BCUT2D eigenvalue weighted by Crippen LogP contribution is 2.29. The van der Waals surface area contributed by atoms with Gasteiger partial charge in [0.05, 0.1) is 24.3 Å². The van der Waals surface area contributed by atoms with Gasteiger partial charge in [0.25, 0.3) is 0 Å². The molecule has 0 N–H and O–H groups in total. The number of aromatic nitrogens is 2. The van der Waals surface area contributed by atoms with Gasteiger partial charge in [-0.25, -0.2) is 9.37 Å². The molecule has 0 aliphatic rings. The number of hydrogen-bond acceptors (Lipinski definition) is 3. The minimum atomic E-state index is -4.60. The average molecular weight is 246 g/mol. The van der Waals surface area contributed by atoms with Gasteiger partial charge in [0, 0.05) is 12.1 Å². The highest BCUT2D eigenvalue weighted by molar-refractivity contribution is 5.76. The van der Waals surface area contributed by atoms with Crippen LogP contribution in [0.5, 0.6) is 5.75 Å². The van der Waals surface area contributed by atoms with Crippen LogP contribution in [0.25, 0.3) is 11.0 Å². The first-order valence-electron chi connectivity index (χ1n) is 4.49. The van der Waals surface area contributed by atoms with Crippen LogP contribution in [-0.2, 0) is 6.18 Å². The molecule has 0 unspecified atom stereocenters. The van der Waals surface area contributed by atoms with Crippen LogP contribution >= 0.6 is 0 Å². The van der Waals surface area contributed by atoms with Gasteiger partial charge < -0.3 is 4.74 Å². The second kappa shape index (κ2) is 3.83. The summed E-state index contributed by atoms with van der Waals surface area (Å²) in [6, 6.07) is 2.05. The first kappa shape index (κ1) is 11.6. The molecule has 0 radical (unpaired) electrons. The summed E-state index contributed by atoms with van der Waals surface area (Å²) in [4.78, 5) is 6.87. The maximum Gasteiger partial charge on any atom is 0.434 e. The Balaban J connectivity index is 2.63. The van der Waals surface area contributed by atoms with Crippen molar-refractivity contribution in [2.24, 2.45) is 0 Å². The van der Waals surface area contributed by atoms with Gasteiger partial charge >= 0.3 is 6.18 Å². The second-order valence-electron chi connectivity index (χ2n) is 3.23. The number of benzene rings is 1. The van der Waals surface area contributed by atoms with Crippen molar-refractivity contribution in [2.45, 2.75) is 6.18 Å². The van der Waals surface area contributed by atoms with Crippen LogP contribution < -0.4 is 4.74 Å². The van der Waals surface area contributed by atoms with E-state index in [1.807, 2.05) is 0 Å². The van der Waals surface area contributed by atoms with Crippen molar-refractivity contribution in [1.29, 1.82) is 0 Å². The average Bonchev–Trinajstić information content (AvgIpc) is 2.26. The van der Waals surface area contributed by atoms with Crippen LogP contribution in [0.4, 0.5) is 17.6 Å². The molecule has 2 aromatic rings. The molecule has 1 aromatic heterocycles. The van der Waals surface area contributed by atoms with Gasteiger partial charge in [-0.05, 0) is 0 Å². The topological polar surface area (TPSA) is 35.0 Å². The molecule has 2 rings (SSSR count). The van der Waals surface area contributed by atoms with E-state index in [-0.39, 0.29) is 16.8 Å². The number of fused-ring (bicyclic) bond motifs is 1. The van der Waals surface area contributed by atoms with Crippen LogP contribution in [0.15, 0.2) is 18.3 Å². The van der Waals surface area contributed by atoms with E-state index in [1.54, 1.807) is 0 Å². The third kappa shape index (κ3) is 2.13. The largest absolute Gasteiger partial charge is 0.494 e. The third-order valence-corrected chi connectivity index (χ3v) is 2.11. The van der Waals surface area contributed by atoms with Crippen molar-refractivity contribution in [2.75, 3.05) is 7.11 Å². The summed E-state index contributed by atoms with van der Waals surface area (Å²) in [5.74, 6) is -0.875. The number of methoxy groups -OCH3 is 1. The van der Waals surface area contributed by atoms with E-state index in [1.165, 1.54) is 13.2 Å². The Morgan fingerprint density at radius 3 is 2.47 bits per heavy atom. The van der Waals surface area contributed by atoms with Gasteiger partial charge in [-0.1, -0.05) is 0 Å². The van der Waals surface area contributed by atoms with Crippen molar-refractivity contribution in [1.82, 2.24) is 9.97 Å². The Hall–Kier alpha value is -1.92. The fraction of sp³-hybridized carbons (Fsp3) is 0.200. The van der Waals surface area contributed by atoms with Gasteiger partial charge in [-0.2, -0.15) is 13.2 Å². The Kier molecular flexibility index (Phi) is 2.60. The Morgan fingerprint density at radius 2 is 1.88 bits per heavy atom. The Bertz CT molecular complexity index is 568. The zero-order valence-electron chi connectivity index (χ0n) is 8.55. The molecule has 0 bridgehead atoms. The molecule has 0 fully saturated rings. The van der Waals surface area contributed by atoms with Crippen LogP contribution in [0.1, 0.15) is 5.69 Å². The van der Waals surface area contributed by atoms with Crippen LogP contribution in [0.3, 0.4) is 0 Å². The molecule has 0 atom stereocenters. The molecule has 0 spiro atoms. The summed E-state index contributed by atoms with van der Waals surface area (Å²) in [7, 11) is 1.25. The lowest BCUT2D eigenvalue weighted by molar-refractivity contribution is -0.141. The minimum absolute atomic E-state index is 0.0911. The SMILES string of the molecule is COc1cc2ncc(C(F)(F)F)nc2cc1F. The second-order valence-corrected chi connectivity index (χ2v) is 3.23. The fourth-order valence-electron chi connectivity index (χ4n) is 1.31. The summed E-state index contributed by atoms with van der Waals surface area (Å²) >= 11 is 0. The summed E-state index contributed by atoms with van der Waals surface area (Å²) in [5, 5.41) is 0. The predicted octanol–water partition coefficient (Wildman–Crippen LogP) is 2.80. The molecule has 0 aliphatic carbocycles. The zero-order valence-corrected chi connectivity index (χ0v) is 8.55. The van der Waals surface area contributed by atoms with Crippen LogP contribution in [0.2, 0.25) is 0 Å². The maximum absolute atomic E-state index is 13.3. The van der Waals surface area contributed by atoms with E-state index in [9.17, 15) is 17.6 Å². The molecule has 0 aliphatic heterocycles. The fourth-order valence-corrected chi connectivity index (χ4v) is 1.31. The zero-order chi connectivity index (χ0) is 12.6. The van der Waals surface area contributed by atoms with Crippen LogP contribution in [-0.4, -0.2) is 17.1 Å². The molecule has 90 valence electrons. The molecular formula is C10H6F4N2O. The number of halogens is 4. The van der Waals surface area contributed by atoms with E-state index >= 15 is 0 Å². The predicted molar refractivity (Wildman–Crippen MR) is 51.1 cm³/mol. The normalized spacial score (nSPS) is 11.8. The number of nitrogens with zero attached hydrogens (tertiary/aromatic N) is 2. The number of hydrogen-bond donors (Lipinski definition) is 0. The van der Waals surface area contributed by atoms with Gasteiger partial charge in [-0.3, -0.25) is 4.98 Å². The van der Waals surface area contributed by atoms with Crippen molar-refractivity contribution in [3.63, 3.8) is 0 Å². The smallest absolute Gasteiger partial charge is 0.434 e. The number of alkyl halides is 3. The molecule has 1 aromatic carbocycles. The molecule has 0 saturated heterocycles. The minimum Gasteiger partial charge on any atom is -0.494 e. The van der Waals surface area contributed by atoms with E-state index in [2.05, 4.69) is 14.7 Å². The van der Waals surface area contributed by atoms with Crippen molar-refractivity contribution < 1.29 is 22.3 Å². The highest BCUT2D eigenvalue weighted by Gasteiger charge is 2.33. The van der Waals surface area contributed by atoms with E-state index in [0.29, 0.717) is 6.20 Å². The van der Waals surface area contributed by atoms with Gasteiger partial charge in [0.1, 0.15) is 0 Å². The lowest BCUT2D eigenvalue weighted by Crippen LogP contribution is -2.08. The quantitative estimate of drug-likeness (QED) is 0.726. The standard InChI is InChI=1S/C10H6F4N2O/c1-17-8-3-6-7(2-5(8)11)16-9(4-15-6)10(12,13)14/h2-4H,1H3. The Labute approximate surface area is 93.1 Å². The summed E-state index contributed by atoms with van der Waals surface area (Å²) in [6.07, 6.45) is -4.00. The lowest BCUT2D eigenvalue weighted by atomic mass is 10.2. The lowest BCUT2D eigenvalue weighted by Gasteiger charge is -2.07. The molecule has 0 amide bonds. The third-order valence-electron chi connectivity index (χ3n) is 2.11. The van der Waals surface area contributed by atoms with Gasteiger partial charge in [-0.15, -0.1) is 0 Å². The number of ether oxygens (including phenoxy) is 1. The van der Waals surface area contributed by atoms with Crippen molar-refractivity contribution in [3.05, 3.63) is 29.8 Å². The number of rotatable bonds is 1. The summed E-state index contributed by atoms with van der Waals surface area (Å²) < 4.78 is 55.0. The van der Waals surface area contributed by atoms with Gasteiger partial charge in [0.15, 0.2) is 17.3 Å².